The first-order chi connectivity index (χ1) is 7.97. The number of ether oxygens (including phenoxy) is 2. The molecule has 2 heteroatoms. The van der Waals surface area contributed by atoms with Gasteiger partial charge in [-0.25, -0.2) is 0 Å². The average Bonchev–Trinajstić information content (AvgIpc) is 2.29. The highest BCUT2D eigenvalue weighted by molar-refractivity contribution is 4.80. The third-order valence-corrected chi connectivity index (χ3v) is 2.00. The molecule has 0 aliphatic rings. The zero-order valence-corrected chi connectivity index (χ0v) is 12.3. The fraction of sp³-hybridized carbons (Fsp3) is 0.733. The summed E-state index contributed by atoms with van der Waals surface area (Å²) in [5, 5.41) is 0. The molecule has 0 aromatic heterocycles. The lowest BCUT2D eigenvalue weighted by Gasteiger charge is -2.09. The fourth-order valence-electron chi connectivity index (χ4n) is 0.880. The van der Waals surface area contributed by atoms with E-state index in [1.165, 1.54) is 6.42 Å². The van der Waals surface area contributed by atoms with Gasteiger partial charge in [0.25, 0.3) is 0 Å². The van der Waals surface area contributed by atoms with Crippen LogP contribution in [0.4, 0.5) is 0 Å². The van der Waals surface area contributed by atoms with Crippen molar-refractivity contribution in [2.24, 2.45) is 0 Å². The molecule has 0 unspecified atom stereocenters. The summed E-state index contributed by atoms with van der Waals surface area (Å²) in [6.45, 7) is 18.5. The Morgan fingerprint density at radius 2 is 1.53 bits per heavy atom. The molecule has 0 N–H and O–H groups in total. The Morgan fingerprint density at radius 1 is 1.00 bits per heavy atom. The topological polar surface area (TPSA) is 18.5 Å². The van der Waals surface area contributed by atoms with Crippen LogP contribution >= 0.6 is 0 Å². The van der Waals surface area contributed by atoms with Crippen molar-refractivity contribution in [3.8, 4) is 0 Å². The molecule has 0 aliphatic carbocycles. The van der Waals surface area contributed by atoms with Gasteiger partial charge in [-0.3, -0.25) is 0 Å². The molecule has 0 rings (SSSR count). The predicted octanol–water partition coefficient (Wildman–Crippen LogP) is 5.06. The van der Waals surface area contributed by atoms with E-state index in [9.17, 15) is 0 Å². The Labute approximate surface area is 108 Å². The normalized spacial score (nSPS) is 9.29. The Bertz CT molecular complexity index is 195. The Balaban J connectivity index is 0. The summed E-state index contributed by atoms with van der Waals surface area (Å²) < 4.78 is 10.4. The molecular formula is C15H30O2. The fourth-order valence-corrected chi connectivity index (χ4v) is 0.880. The minimum Gasteiger partial charge on any atom is -0.499 e. The Kier molecular flexibility index (Phi) is 14.3. The zero-order valence-electron chi connectivity index (χ0n) is 12.3. The van der Waals surface area contributed by atoms with Crippen LogP contribution in [-0.2, 0) is 9.47 Å². The molecule has 0 spiro atoms. The molecule has 0 aromatic carbocycles. The zero-order chi connectivity index (χ0) is 13.7. The van der Waals surface area contributed by atoms with E-state index in [1.807, 2.05) is 27.7 Å². The quantitative estimate of drug-likeness (QED) is 0.437. The van der Waals surface area contributed by atoms with Crippen LogP contribution in [0, 0.1) is 0 Å². The average molecular weight is 242 g/mol. The van der Waals surface area contributed by atoms with Crippen LogP contribution in [0.15, 0.2) is 24.7 Å². The molecule has 0 bridgehead atoms. The molecule has 0 heterocycles. The molecule has 102 valence electrons. The molecular weight excluding hydrogens is 212 g/mol. The number of allylic oxidation sites excluding steroid dienone is 2. The summed E-state index contributed by atoms with van der Waals surface area (Å²) in [5.41, 5.74) is 0. The van der Waals surface area contributed by atoms with Crippen molar-refractivity contribution in [1.82, 2.24) is 0 Å². The summed E-state index contributed by atoms with van der Waals surface area (Å²) in [4.78, 5) is 0. The highest BCUT2D eigenvalue weighted by atomic mass is 16.5. The molecule has 17 heavy (non-hydrogen) atoms. The highest BCUT2D eigenvalue weighted by Gasteiger charge is 1.92. The molecule has 0 amide bonds. The summed E-state index contributed by atoms with van der Waals surface area (Å²) >= 11 is 0. The monoisotopic (exact) mass is 242 g/mol. The molecule has 0 fully saturated rings. The van der Waals surface area contributed by atoms with Crippen LogP contribution < -0.4 is 0 Å². The number of hydrogen-bond acceptors (Lipinski definition) is 2. The van der Waals surface area contributed by atoms with E-state index in [2.05, 4.69) is 20.1 Å². The SMILES string of the molecule is C=C(CC)OC(C)C.C=C(CC)OCCCC. The molecule has 2 nitrogen and oxygen atoms in total. The minimum absolute atomic E-state index is 0.280. The van der Waals surface area contributed by atoms with E-state index in [0.717, 1.165) is 37.4 Å². The van der Waals surface area contributed by atoms with Crippen molar-refractivity contribution < 1.29 is 9.47 Å². The van der Waals surface area contributed by atoms with E-state index in [-0.39, 0.29) is 6.10 Å². The van der Waals surface area contributed by atoms with Crippen molar-refractivity contribution in [2.75, 3.05) is 6.61 Å². The van der Waals surface area contributed by atoms with Crippen molar-refractivity contribution in [1.29, 1.82) is 0 Å². The lowest BCUT2D eigenvalue weighted by Crippen LogP contribution is -1.99. The van der Waals surface area contributed by atoms with Crippen molar-refractivity contribution in [2.45, 2.75) is 66.4 Å². The van der Waals surface area contributed by atoms with Gasteiger partial charge in [-0.1, -0.05) is 40.3 Å². The van der Waals surface area contributed by atoms with Crippen molar-refractivity contribution in [3.63, 3.8) is 0 Å². The number of unbranched alkanes of at least 4 members (excludes halogenated alkanes) is 1. The summed E-state index contributed by atoms with van der Waals surface area (Å²) in [5.74, 6) is 1.78. The third kappa shape index (κ3) is 17.7. The van der Waals surface area contributed by atoms with Gasteiger partial charge in [0, 0.05) is 12.8 Å². The molecule has 0 radical (unpaired) electrons. The smallest absolute Gasteiger partial charge is 0.0926 e. The van der Waals surface area contributed by atoms with E-state index in [1.54, 1.807) is 0 Å². The van der Waals surface area contributed by atoms with Gasteiger partial charge < -0.3 is 9.47 Å². The van der Waals surface area contributed by atoms with Crippen LogP contribution in [0.3, 0.4) is 0 Å². The van der Waals surface area contributed by atoms with Crippen molar-refractivity contribution in [3.05, 3.63) is 24.7 Å². The highest BCUT2D eigenvalue weighted by Crippen LogP contribution is 2.02. The van der Waals surface area contributed by atoms with Gasteiger partial charge in [0.05, 0.1) is 24.2 Å². The van der Waals surface area contributed by atoms with Gasteiger partial charge >= 0.3 is 0 Å². The molecule has 0 saturated carbocycles. The maximum absolute atomic E-state index is 5.24. The molecule has 0 atom stereocenters. The Hall–Kier alpha value is -0.920. The van der Waals surface area contributed by atoms with Crippen LogP contribution in [0.25, 0.3) is 0 Å². The summed E-state index contributed by atoms with van der Waals surface area (Å²) in [7, 11) is 0. The first-order valence-electron chi connectivity index (χ1n) is 6.62. The van der Waals surface area contributed by atoms with Gasteiger partial charge in [-0.15, -0.1) is 0 Å². The van der Waals surface area contributed by atoms with Gasteiger partial charge in [-0.05, 0) is 20.3 Å². The van der Waals surface area contributed by atoms with E-state index >= 15 is 0 Å². The minimum atomic E-state index is 0.280. The lowest BCUT2D eigenvalue weighted by molar-refractivity contribution is 0.143. The molecule has 0 aliphatic heterocycles. The second kappa shape index (κ2) is 13.1. The third-order valence-electron chi connectivity index (χ3n) is 2.00. The predicted molar refractivity (Wildman–Crippen MR) is 75.9 cm³/mol. The van der Waals surface area contributed by atoms with Crippen LogP contribution in [0.1, 0.15) is 60.3 Å². The van der Waals surface area contributed by atoms with Crippen LogP contribution in [0.2, 0.25) is 0 Å². The van der Waals surface area contributed by atoms with Gasteiger partial charge in [0.15, 0.2) is 0 Å². The largest absolute Gasteiger partial charge is 0.499 e. The van der Waals surface area contributed by atoms with Crippen LogP contribution in [-0.4, -0.2) is 12.7 Å². The standard InChI is InChI=1S/C8H16O.C7H14O/c1-4-6-7-9-8(3)5-2;1-5-7(4)8-6(2)3/h3-7H2,1-2H3;6H,4-5H2,1-3H3. The second-order valence-corrected chi connectivity index (χ2v) is 4.15. The first-order valence-corrected chi connectivity index (χ1v) is 6.62. The Morgan fingerprint density at radius 3 is 1.82 bits per heavy atom. The van der Waals surface area contributed by atoms with Gasteiger partial charge in [0.2, 0.25) is 0 Å². The van der Waals surface area contributed by atoms with E-state index < -0.39 is 0 Å². The van der Waals surface area contributed by atoms with Gasteiger partial charge in [-0.2, -0.15) is 0 Å². The van der Waals surface area contributed by atoms with E-state index in [4.69, 9.17) is 9.47 Å². The molecule has 0 aromatic rings. The number of hydrogen-bond donors (Lipinski definition) is 0. The van der Waals surface area contributed by atoms with Gasteiger partial charge in [0.1, 0.15) is 0 Å². The molecule has 0 saturated heterocycles. The lowest BCUT2D eigenvalue weighted by atomic mass is 10.3. The van der Waals surface area contributed by atoms with Crippen LogP contribution in [0.5, 0.6) is 0 Å². The second-order valence-electron chi connectivity index (χ2n) is 4.15. The van der Waals surface area contributed by atoms with Crippen molar-refractivity contribution >= 4 is 0 Å². The maximum Gasteiger partial charge on any atom is 0.0926 e. The first kappa shape index (κ1) is 18.4. The summed E-state index contributed by atoms with van der Waals surface area (Å²) in [6, 6.07) is 0. The summed E-state index contributed by atoms with van der Waals surface area (Å²) in [6.07, 6.45) is 4.46. The van der Waals surface area contributed by atoms with E-state index in [0.29, 0.717) is 0 Å². The number of rotatable bonds is 8. The maximum atomic E-state index is 5.24.